The normalized spacial score (nSPS) is 22.0. The Kier molecular flexibility index (Phi) is 5.65. The van der Waals surface area contributed by atoms with E-state index in [2.05, 4.69) is 21.2 Å². The van der Waals surface area contributed by atoms with Gasteiger partial charge in [-0.1, -0.05) is 0 Å². The summed E-state index contributed by atoms with van der Waals surface area (Å²) in [4.78, 5) is 11.8. The fourth-order valence-corrected chi connectivity index (χ4v) is 3.30. The van der Waals surface area contributed by atoms with Crippen LogP contribution in [0.3, 0.4) is 0 Å². The fourth-order valence-electron chi connectivity index (χ4n) is 3.30. The number of aliphatic hydroxyl groups excluding tert-OH is 1. The monoisotopic (exact) mass is 409 g/mol. The van der Waals surface area contributed by atoms with Gasteiger partial charge in [0.2, 0.25) is 0 Å². The van der Waals surface area contributed by atoms with Crippen molar-refractivity contribution in [3.8, 4) is 11.8 Å². The number of carbonyl (C=O) groups excluding carboxylic acids is 1. The average Bonchev–Trinajstić information content (AvgIpc) is 3.06. The van der Waals surface area contributed by atoms with Gasteiger partial charge in [-0.15, -0.1) is 13.2 Å². The number of benzene rings is 1. The summed E-state index contributed by atoms with van der Waals surface area (Å²) in [6.45, 7) is 0. The van der Waals surface area contributed by atoms with Gasteiger partial charge >= 0.3 is 6.36 Å². The lowest BCUT2D eigenvalue weighted by Crippen LogP contribution is -2.29. The third-order valence-electron chi connectivity index (χ3n) is 4.64. The number of ether oxygens (including phenoxy) is 1. The Morgan fingerprint density at radius 3 is 2.62 bits per heavy atom. The van der Waals surface area contributed by atoms with Crippen LogP contribution in [0.4, 0.5) is 24.7 Å². The van der Waals surface area contributed by atoms with Crippen molar-refractivity contribution in [1.82, 2.24) is 9.78 Å². The number of carbonyl (C=O) groups is 1. The maximum atomic E-state index is 12.3. The van der Waals surface area contributed by atoms with Crippen LogP contribution >= 0.6 is 0 Å². The molecule has 0 unspecified atom stereocenters. The SMILES string of the molecule is N#C[C@H]1C[C@H](O)CC[C@@H]1n1cc(C(N)=O)c(Nc2ccc(OC(F)(F)F)cc2)n1. The molecule has 1 heterocycles. The molecule has 0 radical (unpaired) electrons. The summed E-state index contributed by atoms with van der Waals surface area (Å²) in [5.74, 6) is -1.50. The number of nitrogens with one attached hydrogen (secondary N) is 1. The van der Waals surface area contributed by atoms with Crippen molar-refractivity contribution in [1.29, 1.82) is 5.26 Å². The molecule has 11 heteroatoms. The van der Waals surface area contributed by atoms with E-state index in [1.54, 1.807) is 0 Å². The molecule has 1 aliphatic carbocycles. The third-order valence-corrected chi connectivity index (χ3v) is 4.64. The van der Waals surface area contributed by atoms with Crippen molar-refractivity contribution >= 4 is 17.4 Å². The van der Waals surface area contributed by atoms with Gasteiger partial charge < -0.3 is 20.9 Å². The minimum Gasteiger partial charge on any atom is -0.406 e. The van der Waals surface area contributed by atoms with Gasteiger partial charge in [-0.05, 0) is 43.5 Å². The molecule has 0 saturated heterocycles. The third kappa shape index (κ3) is 4.97. The molecule has 3 rings (SSSR count). The number of nitrogens with two attached hydrogens (primary N) is 1. The molecule has 2 aromatic rings. The molecule has 1 aromatic carbocycles. The van der Waals surface area contributed by atoms with Crippen LogP contribution in [0.5, 0.6) is 5.75 Å². The number of alkyl halides is 3. The smallest absolute Gasteiger partial charge is 0.406 e. The minimum absolute atomic E-state index is 0.0726. The highest BCUT2D eigenvalue weighted by Crippen LogP contribution is 2.35. The van der Waals surface area contributed by atoms with Gasteiger partial charge in [0.1, 0.15) is 11.3 Å². The molecule has 1 aliphatic rings. The summed E-state index contributed by atoms with van der Waals surface area (Å²) in [5, 5.41) is 26.3. The highest BCUT2D eigenvalue weighted by Gasteiger charge is 2.33. The molecule has 0 bridgehead atoms. The Bertz CT molecular complexity index is 920. The van der Waals surface area contributed by atoms with Gasteiger partial charge in [-0.3, -0.25) is 9.48 Å². The number of hydrogen-bond acceptors (Lipinski definition) is 6. The largest absolute Gasteiger partial charge is 0.573 e. The molecule has 1 fully saturated rings. The lowest BCUT2D eigenvalue weighted by atomic mass is 9.84. The molecule has 29 heavy (non-hydrogen) atoms. The molecule has 0 aliphatic heterocycles. The Labute approximate surface area is 163 Å². The van der Waals surface area contributed by atoms with Gasteiger partial charge in [-0.2, -0.15) is 10.4 Å². The quantitative estimate of drug-likeness (QED) is 0.697. The summed E-state index contributed by atoms with van der Waals surface area (Å²) in [7, 11) is 0. The molecule has 1 amide bonds. The van der Waals surface area contributed by atoms with Crippen LogP contribution in [0.2, 0.25) is 0 Å². The first-order chi connectivity index (χ1) is 13.7. The molecule has 1 saturated carbocycles. The van der Waals surface area contributed by atoms with E-state index in [0.29, 0.717) is 24.9 Å². The number of aromatic nitrogens is 2. The second-order valence-corrected chi connectivity index (χ2v) is 6.70. The van der Waals surface area contributed by atoms with E-state index < -0.39 is 24.3 Å². The summed E-state index contributed by atoms with van der Waals surface area (Å²) < 4.78 is 42.1. The van der Waals surface area contributed by atoms with Crippen molar-refractivity contribution in [3.05, 3.63) is 36.0 Å². The van der Waals surface area contributed by atoms with Crippen LogP contribution in [0, 0.1) is 17.2 Å². The number of anilines is 2. The maximum Gasteiger partial charge on any atom is 0.573 e. The number of halogens is 3. The van der Waals surface area contributed by atoms with E-state index in [1.165, 1.54) is 23.0 Å². The van der Waals surface area contributed by atoms with Crippen LogP contribution in [0.1, 0.15) is 35.7 Å². The van der Waals surface area contributed by atoms with Gasteiger partial charge in [0, 0.05) is 11.9 Å². The number of amides is 1. The number of primary amides is 1. The zero-order valence-electron chi connectivity index (χ0n) is 15.1. The number of nitrogens with zero attached hydrogens (tertiary/aromatic N) is 3. The predicted molar refractivity (Wildman–Crippen MR) is 95.2 cm³/mol. The molecule has 1 aromatic heterocycles. The predicted octanol–water partition coefficient (Wildman–Crippen LogP) is 2.85. The van der Waals surface area contributed by atoms with Crippen LogP contribution in [0.15, 0.2) is 30.5 Å². The summed E-state index contributed by atoms with van der Waals surface area (Å²) in [5.41, 5.74) is 5.85. The van der Waals surface area contributed by atoms with Gasteiger partial charge in [-0.25, -0.2) is 0 Å². The topological polar surface area (TPSA) is 126 Å². The van der Waals surface area contributed by atoms with E-state index >= 15 is 0 Å². The average molecular weight is 409 g/mol. The first-order valence-electron chi connectivity index (χ1n) is 8.75. The Morgan fingerprint density at radius 1 is 1.34 bits per heavy atom. The summed E-state index contributed by atoms with van der Waals surface area (Å²) in [6.07, 6.45) is -2.62. The lowest BCUT2D eigenvalue weighted by Gasteiger charge is -2.30. The molecule has 4 N–H and O–H groups in total. The first kappa shape index (κ1) is 20.5. The van der Waals surface area contributed by atoms with Gasteiger partial charge in [0.05, 0.1) is 24.1 Å². The molecule has 3 atom stereocenters. The van der Waals surface area contributed by atoms with E-state index in [1.807, 2.05) is 0 Å². The maximum absolute atomic E-state index is 12.3. The summed E-state index contributed by atoms with van der Waals surface area (Å²) in [6, 6.07) is 6.72. The Morgan fingerprint density at radius 2 is 2.03 bits per heavy atom. The number of rotatable bonds is 5. The van der Waals surface area contributed by atoms with E-state index in [-0.39, 0.29) is 23.2 Å². The van der Waals surface area contributed by atoms with Gasteiger partial charge in [0.25, 0.3) is 5.91 Å². The molecule has 8 nitrogen and oxygen atoms in total. The number of hydrogen-bond donors (Lipinski definition) is 3. The zero-order chi connectivity index (χ0) is 21.2. The molecular weight excluding hydrogens is 391 g/mol. The second-order valence-electron chi connectivity index (χ2n) is 6.70. The van der Waals surface area contributed by atoms with Crippen LogP contribution in [0.25, 0.3) is 0 Å². The van der Waals surface area contributed by atoms with Crippen molar-refractivity contribution in [2.45, 2.75) is 37.8 Å². The van der Waals surface area contributed by atoms with Gasteiger partial charge in [0.15, 0.2) is 5.82 Å². The minimum atomic E-state index is -4.79. The van der Waals surface area contributed by atoms with Crippen molar-refractivity contribution in [3.63, 3.8) is 0 Å². The lowest BCUT2D eigenvalue weighted by molar-refractivity contribution is -0.274. The molecule has 0 spiro atoms. The first-order valence-corrected chi connectivity index (χ1v) is 8.75. The standard InChI is InChI=1S/C18H18F3N5O3/c19-18(20,21)29-13-4-1-11(2-5-13)24-17-14(16(23)28)9-26(25-17)15-6-3-12(27)7-10(15)8-22/h1-2,4-5,9-10,12,15,27H,3,6-7H2,(H2,23,28)(H,24,25)/t10-,12-,15+/m1/s1. The van der Waals surface area contributed by atoms with Crippen molar-refractivity contribution < 1.29 is 27.8 Å². The van der Waals surface area contributed by atoms with E-state index in [4.69, 9.17) is 5.73 Å². The molecule has 154 valence electrons. The van der Waals surface area contributed by atoms with Crippen LogP contribution in [-0.2, 0) is 0 Å². The van der Waals surface area contributed by atoms with Crippen molar-refractivity contribution in [2.24, 2.45) is 11.7 Å². The molecular formula is C18H18F3N5O3. The second kappa shape index (κ2) is 8.00. The van der Waals surface area contributed by atoms with Crippen LogP contribution in [-0.4, -0.2) is 33.3 Å². The van der Waals surface area contributed by atoms with Crippen molar-refractivity contribution in [2.75, 3.05) is 5.32 Å². The van der Waals surface area contributed by atoms with E-state index in [0.717, 1.165) is 12.1 Å². The number of nitriles is 1. The Balaban J connectivity index is 1.82. The number of aliphatic hydroxyl groups is 1. The zero-order valence-corrected chi connectivity index (χ0v) is 15.1. The summed E-state index contributed by atoms with van der Waals surface area (Å²) >= 11 is 0. The highest BCUT2D eigenvalue weighted by atomic mass is 19.4. The van der Waals surface area contributed by atoms with E-state index in [9.17, 15) is 28.3 Å². The Hall–Kier alpha value is -3.26. The fraction of sp³-hybridized carbons (Fsp3) is 0.389. The van der Waals surface area contributed by atoms with Crippen LogP contribution < -0.4 is 15.8 Å². The highest BCUT2D eigenvalue weighted by molar-refractivity contribution is 5.98.